The molecule has 37 heavy (non-hydrogen) atoms. The largest absolute Gasteiger partial charge is 0.311 e. The van der Waals surface area contributed by atoms with E-state index in [4.69, 9.17) is 0 Å². The van der Waals surface area contributed by atoms with E-state index in [1.54, 1.807) is 34.0 Å². The van der Waals surface area contributed by atoms with Gasteiger partial charge < -0.3 is 4.90 Å². The third-order valence-electron chi connectivity index (χ3n) is 5.95. The predicted octanol–water partition coefficient (Wildman–Crippen LogP) is 12.6. The van der Waals surface area contributed by atoms with E-state index < -0.39 is 0 Å². The van der Waals surface area contributed by atoms with Crippen LogP contribution in [0, 0.1) is 0 Å². The number of hydrogen-bond donors (Lipinski definition) is 0. The van der Waals surface area contributed by atoms with Crippen molar-refractivity contribution in [3.05, 3.63) is 121 Å². The molecule has 3 aromatic heterocycles. The number of anilines is 3. The Bertz CT molecular complexity index is 1450. The number of benzene rings is 3. The van der Waals surface area contributed by atoms with E-state index >= 15 is 0 Å². The van der Waals surface area contributed by atoms with Crippen molar-refractivity contribution in [3.63, 3.8) is 0 Å². The van der Waals surface area contributed by atoms with Crippen molar-refractivity contribution in [2.75, 3.05) is 4.90 Å². The van der Waals surface area contributed by atoms with Gasteiger partial charge in [0.1, 0.15) is 0 Å². The summed E-state index contributed by atoms with van der Waals surface area (Å²) in [4.78, 5) is 6.07. The quantitative estimate of drug-likeness (QED) is 0.165. The molecule has 0 aliphatic heterocycles. The van der Waals surface area contributed by atoms with E-state index in [0.29, 0.717) is 0 Å². The van der Waals surface area contributed by atoms with Gasteiger partial charge in [0.05, 0.1) is 11.4 Å². The van der Waals surface area contributed by atoms with Gasteiger partial charge in [0.2, 0.25) is 0 Å². The summed E-state index contributed by atoms with van der Waals surface area (Å²) in [7, 11) is 0. The topological polar surface area (TPSA) is 3.24 Å². The van der Waals surface area contributed by atoms with Crippen LogP contribution in [-0.2, 0) is 0 Å². The van der Waals surface area contributed by atoms with Gasteiger partial charge in [0.15, 0.2) is 0 Å². The Labute approximate surface area is 253 Å². The van der Waals surface area contributed by atoms with Gasteiger partial charge in [-0.15, -0.1) is 34.0 Å². The summed E-state index contributed by atoms with van der Waals surface area (Å²) in [5.41, 5.74) is 7.03. The van der Waals surface area contributed by atoms with Gasteiger partial charge in [-0.3, -0.25) is 0 Å². The molecule has 0 unspecified atom stereocenters. The van der Waals surface area contributed by atoms with Gasteiger partial charge in [-0.05, 0) is 137 Å². The highest BCUT2D eigenvalue weighted by Gasteiger charge is 2.14. The third-order valence-corrected chi connectivity index (χ3v) is 11.0. The van der Waals surface area contributed by atoms with Crippen molar-refractivity contribution >= 4 is 98.9 Å². The van der Waals surface area contributed by atoms with Crippen LogP contribution in [0.15, 0.2) is 121 Å². The summed E-state index contributed by atoms with van der Waals surface area (Å²) >= 11 is 16.0. The standard InChI is InChI=1S/C30H18Br3NS3/c31-28-16-13-25(35-28)19-1-7-22(8-2-19)34(23-9-3-20(4-10-23)26-14-17-29(32)36-26)24-11-5-21(6-12-24)27-15-18-30(33)37-27/h1-18H. The maximum Gasteiger partial charge on any atom is 0.0705 e. The summed E-state index contributed by atoms with van der Waals surface area (Å²) in [6, 6.07) is 39.2. The van der Waals surface area contributed by atoms with E-state index in [1.807, 2.05) is 0 Å². The first kappa shape index (κ1) is 25.3. The number of nitrogens with zero attached hydrogens (tertiary/aromatic N) is 1. The van der Waals surface area contributed by atoms with Crippen molar-refractivity contribution < 1.29 is 0 Å². The molecule has 0 saturated heterocycles. The minimum absolute atomic E-state index is 1.12. The molecule has 0 N–H and O–H groups in total. The van der Waals surface area contributed by atoms with Crippen LogP contribution in [0.25, 0.3) is 31.3 Å². The van der Waals surface area contributed by atoms with E-state index in [-0.39, 0.29) is 0 Å². The Balaban J connectivity index is 1.38. The van der Waals surface area contributed by atoms with E-state index in [1.165, 1.54) is 31.3 Å². The Morgan fingerprint density at radius 3 is 0.838 bits per heavy atom. The van der Waals surface area contributed by atoms with Crippen molar-refractivity contribution in [1.82, 2.24) is 0 Å². The summed E-state index contributed by atoms with van der Waals surface area (Å²) in [6.07, 6.45) is 0. The average molecular weight is 728 g/mol. The predicted molar refractivity (Wildman–Crippen MR) is 174 cm³/mol. The molecule has 0 atom stereocenters. The fourth-order valence-corrected chi connectivity index (χ4v) is 8.35. The van der Waals surface area contributed by atoms with Gasteiger partial charge in [0.25, 0.3) is 0 Å². The molecule has 6 aromatic rings. The third kappa shape index (κ3) is 5.58. The molecule has 0 fully saturated rings. The van der Waals surface area contributed by atoms with Crippen LogP contribution in [0.3, 0.4) is 0 Å². The molecule has 3 aromatic carbocycles. The molecule has 1 nitrogen and oxygen atoms in total. The average Bonchev–Trinajstić information content (AvgIpc) is 3.67. The molecule has 0 aliphatic carbocycles. The highest BCUT2D eigenvalue weighted by Crippen LogP contribution is 2.40. The Hall–Kier alpha value is -2.00. The summed E-state index contributed by atoms with van der Waals surface area (Å²) in [5, 5.41) is 0. The lowest BCUT2D eigenvalue weighted by molar-refractivity contribution is 1.28. The van der Waals surface area contributed by atoms with Crippen molar-refractivity contribution in [2.45, 2.75) is 0 Å². The first-order valence-electron chi connectivity index (χ1n) is 11.4. The SMILES string of the molecule is Brc1ccc(-c2ccc(N(c3ccc(-c4ccc(Br)s4)cc3)c3ccc(-c4ccc(Br)s4)cc3)cc2)s1. The number of hydrogen-bond acceptors (Lipinski definition) is 4. The minimum Gasteiger partial charge on any atom is -0.311 e. The van der Waals surface area contributed by atoms with Gasteiger partial charge in [-0.1, -0.05) is 36.4 Å². The molecule has 7 heteroatoms. The highest BCUT2D eigenvalue weighted by atomic mass is 79.9. The first-order chi connectivity index (χ1) is 18.0. The van der Waals surface area contributed by atoms with E-state index in [2.05, 4.69) is 162 Å². The molecule has 0 aliphatic rings. The molecular weight excluding hydrogens is 710 g/mol. The van der Waals surface area contributed by atoms with Crippen LogP contribution in [0.4, 0.5) is 17.1 Å². The minimum atomic E-state index is 1.12. The molecule has 6 rings (SSSR count). The molecule has 3 heterocycles. The lowest BCUT2D eigenvalue weighted by Gasteiger charge is -2.26. The molecular formula is C30H18Br3NS3. The van der Waals surface area contributed by atoms with Crippen LogP contribution in [-0.4, -0.2) is 0 Å². The monoisotopic (exact) mass is 725 g/mol. The van der Waals surface area contributed by atoms with Crippen LogP contribution in [0.2, 0.25) is 0 Å². The Kier molecular flexibility index (Phi) is 7.52. The zero-order valence-electron chi connectivity index (χ0n) is 19.2. The summed E-state index contributed by atoms with van der Waals surface area (Å²) in [6.45, 7) is 0. The summed E-state index contributed by atoms with van der Waals surface area (Å²) in [5.74, 6) is 0. The molecule has 0 saturated carbocycles. The van der Waals surface area contributed by atoms with Crippen LogP contribution >= 0.6 is 81.8 Å². The van der Waals surface area contributed by atoms with Gasteiger partial charge >= 0.3 is 0 Å². The Morgan fingerprint density at radius 1 is 0.351 bits per heavy atom. The van der Waals surface area contributed by atoms with Crippen LogP contribution in [0.1, 0.15) is 0 Å². The molecule has 0 radical (unpaired) electrons. The zero-order chi connectivity index (χ0) is 25.4. The second kappa shape index (κ2) is 11.0. The maximum atomic E-state index is 3.58. The molecule has 0 spiro atoms. The second-order valence-electron chi connectivity index (χ2n) is 8.29. The number of thiophene rings is 3. The van der Waals surface area contributed by atoms with E-state index in [0.717, 1.165) is 28.4 Å². The van der Waals surface area contributed by atoms with Crippen LogP contribution in [0.5, 0.6) is 0 Å². The highest BCUT2D eigenvalue weighted by molar-refractivity contribution is 9.11. The van der Waals surface area contributed by atoms with E-state index in [9.17, 15) is 0 Å². The number of rotatable bonds is 6. The lowest BCUT2D eigenvalue weighted by atomic mass is 10.1. The lowest BCUT2D eigenvalue weighted by Crippen LogP contribution is -2.09. The zero-order valence-corrected chi connectivity index (χ0v) is 26.4. The summed E-state index contributed by atoms with van der Waals surface area (Å²) < 4.78 is 3.43. The van der Waals surface area contributed by atoms with Crippen molar-refractivity contribution in [2.24, 2.45) is 0 Å². The van der Waals surface area contributed by atoms with Gasteiger partial charge in [0, 0.05) is 31.7 Å². The van der Waals surface area contributed by atoms with Crippen molar-refractivity contribution in [1.29, 1.82) is 0 Å². The van der Waals surface area contributed by atoms with Crippen LogP contribution < -0.4 is 4.90 Å². The Morgan fingerprint density at radius 2 is 0.622 bits per heavy atom. The molecule has 0 amide bonds. The van der Waals surface area contributed by atoms with Gasteiger partial charge in [-0.25, -0.2) is 0 Å². The fraction of sp³-hybridized carbons (Fsp3) is 0. The first-order valence-corrected chi connectivity index (χ1v) is 16.2. The smallest absolute Gasteiger partial charge is 0.0705 e. The normalized spacial score (nSPS) is 11.1. The van der Waals surface area contributed by atoms with Gasteiger partial charge in [-0.2, -0.15) is 0 Å². The number of halogens is 3. The maximum absolute atomic E-state index is 3.58. The second-order valence-corrected chi connectivity index (χ2v) is 15.7. The molecule has 0 bridgehead atoms. The molecule has 182 valence electrons. The fourth-order valence-electron chi connectivity index (χ4n) is 4.18. The van der Waals surface area contributed by atoms with Crippen molar-refractivity contribution in [3.8, 4) is 31.3 Å².